The Morgan fingerprint density at radius 2 is 2.04 bits per heavy atom. The molecule has 0 aromatic heterocycles. The molecular weight excluding hydrogens is 340 g/mol. The van der Waals surface area contributed by atoms with Crippen molar-refractivity contribution in [2.45, 2.75) is 37.1 Å². The number of methoxy groups -OCH3 is 1. The summed E-state index contributed by atoms with van der Waals surface area (Å²) in [4.78, 5) is 2.82. The highest BCUT2D eigenvalue weighted by Gasteiger charge is 2.28. The number of likely N-dealkylation sites (tertiary alicyclic amines) is 1. The molecule has 0 unspecified atom stereocenters. The topological polar surface area (TPSA) is 67.9 Å². The molecule has 25 heavy (non-hydrogen) atoms. The van der Waals surface area contributed by atoms with E-state index >= 15 is 0 Å². The molecule has 1 atom stereocenters. The van der Waals surface area contributed by atoms with E-state index in [2.05, 4.69) is 9.62 Å². The number of piperidine rings is 1. The molecule has 0 saturated carbocycles. The normalized spacial score (nSPS) is 23.0. The van der Waals surface area contributed by atoms with Crippen LogP contribution in [-0.2, 0) is 14.8 Å². The summed E-state index contributed by atoms with van der Waals surface area (Å²) in [6, 6.07) is 5.60. The lowest BCUT2D eigenvalue weighted by atomic mass is 9.96. The Bertz CT molecular complexity index is 678. The fourth-order valence-corrected chi connectivity index (χ4v) is 5.03. The number of ether oxygens (including phenoxy) is 2. The molecule has 6 nitrogen and oxygen atoms in total. The quantitative estimate of drug-likeness (QED) is 0.829. The number of aryl methyl sites for hydroxylation is 1. The van der Waals surface area contributed by atoms with Gasteiger partial charge in [-0.1, -0.05) is 0 Å². The number of sulfonamides is 1. The first-order chi connectivity index (χ1) is 12.0. The van der Waals surface area contributed by atoms with E-state index in [9.17, 15) is 8.42 Å². The van der Waals surface area contributed by atoms with Gasteiger partial charge in [-0.25, -0.2) is 13.1 Å². The fraction of sp³-hybridized carbons (Fsp3) is 0.667. The number of nitrogens with zero attached hydrogens (tertiary/aromatic N) is 1. The van der Waals surface area contributed by atoms with Gasteiger partial charge in [-0.15, -0.1) is 0 Å². The van der Waals surface area contributed by atoms with Gasteiger partial charge in [0.15, 0.2) is 0 Å². The summed E-state index contributed by atoms with van der Waals surface area (Å²) < 4.78 is 38.6. The number of nitrogens with one attached hydrogen (secondary N) is 1. The van der Waals surface area contributed by atoms with Gasteiger partial charge >= 0.3 is 0 Å². The van der Waals surface area contributed by atoms with Gasteiger partial charge in [0.2, 0.25) is 10.0 Å². The van der Waals surface area contributed by atoms with Crippen LogP contribution in [0.3, 0.4) is 0 Å². The van der Waals surface area contributed by atoms with Gasteiger partial charge in [0.25, 0.3) is 0 Å². The Morgan fingerprint density at radius 1 is 1.28 bits per heavy atom. The molecule has 2 aliphatic heterocycles. The van der Waals surface area contributed by atoms with E-state index in [1.165, 1.54) is 0 Å². The minimum Gasteiger partial charge on any atom is -0.497 e. The standard InChI is InChI=1S/C18H28N2O4S/c1-14-11-17(23-2)3-4-18(14)25(21,22)19-12-15-5-8-20(9-6-15)16-7-10-24-13-16/h3-4,11,15-16,19H,5-10,12-13H2,1-2H3/t16-/m0/s1. The summed E-state index contributed by atoms with van der Waals surface area (Å²) in [5, 5.41) is 0. The molecule has 3 rings (SSSR count). The Morgan fingerprint density at radius 3 is 2.64 bits per heavy atom. The molecule has 140 valence electrons. The third kappa shape index (κ3) is 4.53. The highest BCUT2D eigenvalue weighted by atomic mass is 32.2. The van der Waals surface area contributed by atoms with E-state index in [1.54, 1.807) is 32.2 Å². The average molecular weight is 368 g/mol. The maximum Gasteiger partial charge on any atom is 0.240 e. The Balaban J connectivity index is 1.53. The fourth-order valence-electron chi connectivity index (χ4n) is 3.69. The predicted octanol–water partition coefficient (Wildman–Crippen LogP) is 1.78. The van der Waals surface area contributed by atoms with Gasteiger partial charge in [-0.2, -0.15) is 0 Å². The maximum absolute atomic E-state index is 12.6. The van der Waals surface area contributed by atoms with Crippen LogP contribution in [0.2, 0.25) is 0 Å². The van der Waals surface area contributed by atoms with Gasteiger partial charge in [0.1, 0.15) is 5.75 Å². The lowest BCUT2D eigenvalue weighted by Crippen LogP contribution is -2.44. The highest BCUT2D eigenvalue weighted by molar-refractivity contribution is 7.89. The first-order valence-electron chi connectivity index (χ1n) is 8.95. The molecule has 2 heterocycles. The second-order valence-electron chi connectivity index (χ2n) is 6.98. The largest absolute Gasteiger partial charge is 0.497 e. The Labute approximate surface area is 150 Å². The molecular formula is C18H28N2O4S. The van der Waals surface area contributed by atoms with Crippen LogP contribution in [0, 0.1) is 12.8 Å². The molecule has 1 aromatic carbocycles. The summed E-state index contributed by atoms with van der Waals surface area (Å²) in [6.07, 6.45) is 3.18. The van der Waals surface area contributed by atoms with Gasteiger partial charge in [-0.3, -0.25) is 4.90 Å². The molecule has 0 radical (unpaired) electrons. The van der Waals surface area contributed by atoms with E-state index in [4.69, 9.17) is 9.47 Å². The van der Waals surface area contributed by atoms with Crippen molar-refractivity contribution < 1.29 is 17.9 Å². The molecule has 7 heteroatoms. The van der Waals surface area contributed by atoms with Crippen LogP contribution in [0.15, 0.2) is 23.1 Å². The van der Waals surface area contributed by atoms with Gasteiger partial charge < -0.3 is 9.47 Å². The van der Waals surface area contributed by atoms with Crippen molar-refractivity contribution in [2.24, 2.45) is 5.92 Å². The van der Waals surface area contributed by atoms with Crippen LogP contribution < -0.4 is 9.46 Å². The number of benzene rings is 1. The zero-order valence-electron chi connectivity index (χ0n) is 15.0. The van der Waals surface area contributed by atoms with E-state index in [-0.39, 0.29) is 0 Å². The molecule has 0 spiro atoms. The number of hydrogen-bond donors (Lipinski definition) is 1. The van der Waals surface area contributed by atoms with E-state index in [1.807, 2.05) is 0 Å². The third-order valence-electron chi connectivity index (χ3n) is 5.30. The smallest absolute Gasteiger partial charge is 0.240 e. The molecule has 0 amide bonds. The summed E-state index contributed by atoms with van der Waals surface area (Å²) in [6.45, 7) is 6.06. The summed E-state index contributed by atoms with van der Waals surface area (Å²) in [5.41, 5.74) is 0.697. The second-order valence-corrected chi connectivity index (χ2v) is 8.72. The minimum absolute atomic E-state index is 0.328. The van der Waals surface area contributed by atoms with E-state index < -0.39 is 10.0 Å². The van der Waals surface area contributed by atoms with E-state index in [0.29, 0.717) is 34.7 Å². The maximum atomic E-state index is 12.6. The first kappa shape index (κ1) is 18.6. The zero-order chi connectivity index (χ0) is 17.9. The van der Waals surface area contributed by atoms with Crippen molar-refractivity contribution in [1.82, 2.24) is 9.62 Å². The lowest BCUT2D eigenvalue weighted by molar-refractivity contribution is 0.111. The summed E-state index contributed by atoms with van der Waals surface area (Å²) >= 11 is 0. The van der Waals surface area contributed by atoms with Crippen LogP contribution in [0.1, 0.15) is 24.8 Å². The second kappa shape index (κ2) is 8.03. The molecule has 2 fully saturated rings. The van der Waals surface area contributed by atoms with Crippen molar-refractivity contribution in [3.05, 3.63) is 23.8 Å². The van der Waals surface area contributed by atoms with Gasteiger partial charge in [-0.05, 0) is 69.0 Å². The number of hydrogen-bond acceptors (Lipinski definition) is 5. The molecule has 2 aliphatic rings. The molecule has 1 aromatic rings. The summed E-state index contributed by atoms with van der Waals surface area (Å²) in [7, 11) is -1.91. The molecule has 0 aliphatic carbocycles. The average Bonchev–Trinajstić information content (AvgIpc) is 3.15. The minimum atomic E-state index is -3.48. The van der Waals surface area contributed by atoms with Crippen LogP contribution in [0.5, 0.6) is 5.75 Å². The monoisotopic (exact) mass is 368 g/mol. The molecule has 2 saturated heterocycles. The predicted molar refractivity (Wildman–Crippen MR) is 96.4 cm³/mol. The van der Waals surface area contributed by atoms with Crippen LogP contribution in [0.25, 0.3) is 0 Å². The first-order valence-corrected chi connectivity index (χ1v) is 10.4. The van der Waals surface area contributed by atoms with Crippen molar-refractivity contribution in [2.75, 3.05) is 40.0 Å². The van der Waals surface area contributed by atoms with Crippen molar-refractivity contribution in [1.29, 1.82) is 0 Å². The third-order valence-corrected chi connectivity index (χ3v) is 6.89. The Hall–Kier alpha value is -1.15. The van der Waals surface area contributed by atoms with Crippen LogP contribution in [0.4, 0.5) is 0 Å². The lowest BCUT2D eigenvalue weighted by Gasteiger charge is -2.35. The van der Waals surface area contributed by atoms with E-state index in [0.717, 1.165) is 45.6 Å². The van der Waals surface area contributed by atoms with Gasteiger partial charge in [0.05, 0.1) is 18.6 Å². The zero-order valence-corrected chi connectivity index (χ0v) is 15.8. The Kier molecular flexibility index (Phi) is 5.99. The van der Waals surface area contributed by atoms with Crippen LogP contribution in [-0.4, -0.2) is 59.3 Å². The molecule has 0 bridgehead atoms. The SMILES string of the molecule is COc1ccc(S(=O)(=O)NCC2CCN([C@H]3CCOC3)CC2)c(C)c1. The van der Waals surface area contributed by atoms with Gasteiger partial charge in [0, 0.05) is 19.2 Å². The summed E-state index contributed by atoms with van der Waals surface area (Å²) in [5.74, 6) is 1.06. The molecule has 1 N–H and O–H groups in total. The number of rotatable bonds is 6. The van der Waals surface area contributed by atoms with Crippen molar-refractivity contribution >= 4 is 10.0 Å². The van der Waals surface area contributed by atoms with Crippen LogP contribution >= 0.6 is 0 Å². The van der Waals surface area contributed by atoms with Crippen molar-refractivity contribution in [3.8, 4) is 5.75 Å². The van der Waals surface area contributed by atoms with Crippen molar-refractivity contribution in [3.63, 3.8) is 0 Å². The highest BCUT2D eigenvalue weighted by Crippen LogP contribution is 2.24.